The molecule has 1 fully saturated rings. The van der Waals surface area contributed by atoms with Crippen LogP contribution < -0.4 is 0 Å². The summed E-state index contributed by atoms with van der Waals surface area (Å²) in [5.41, 5.74) is 0. The molecule has 0 saturated carbocycles. The van der Waals surface area contributed by atoms with E-state index in [1.165, 1.54) is 0 Å². The normalized spacial score (nSPS) is 24.8. The summed E-state index contributed by atoms with van der Waals surface area (Å²) in [5.74, 6) is 0.584. The van der Waals surface area contributed by atoms with Crippen molar-refractivity contribution in [3.8, 4) is 0 Å². The van der Waals surface area contributed by atoms with Gasteiger partial charge in [0.05, 0.1) is 5.75 Å². The smallest absolute Gasteiger partial charge is 0.214 e. The third-order valence-corrected chi connectivity index (χ3v) is 5.48. The predicted molar refractivity (Wildman–Crippen MR) is 72.0 cm³/mol. The van der Waals surface area contributed by atoms with E-state index < -0.39 is 10.0 Å². The topological polar surface area (TPSA) is 40.6 Å². The van der Waals surface area contributed by atoms with E-state index in [1.54, 1.807) is 4.31 Å². The molecule has 102 valence electrons. The summed E-state index contributed by atoms with van der Waals surface area (Å²) in [6.07, 6.45) is 2.31. The van der Waals surface area contributed by atoms with Crippen LogP contribution in [-0.4, -0.2) is 62.0 Å². The van der Waals surface area contributed by atoms with Crippen molar-refractivity contribution >= 4 is 21.6 Å². The lowest BCUT2D eigenvalue weighted by atomic mass is 10.2. The molecule has 0 aromatic heterocycles. The number of sulfonamides is 1. The highest BCUT2D eigenvalue weighted by Gasteiger charge is 2.30. The standard InChI is InChI=1S/C11H23ClN2O2S/c1-3-11-10-13(2)7-5-8-14(11)17(15,16)9-4-6-12/h11H,3-10H2,1-2H3. The van der Waals surface area contributed by atoms with E-state index in [2.05, 4.69) is 11.9 Å². The predicted octanol–water partition coefficient (Wildman–Crippen LogP) is 1.36. The maximum Gasteiger partial charge on any atom is 0.214 e. The van der Waals surface area contributed by atoms with Crippen molar-refractivity contribution in [1.29, 1.82) is 0 Å². The Hall–Kier alpha value is 0.160. The van der Waals surface area contributed by atoms with Crippen molar-refractivity contribution in [2.24, 2.45) is 0 Å². The summed E-state index contributed by atoms with van der Waals surface area (Å²) in [6.45, 7) is 4.50. The van der Waals surface area contributed by atoms with Gasteiger partial charge in [0.2, 0.25) is 10.0 Å². The van der Waals surface area contributed by atoms with Crippen LogP contribution in [0.25, 0.3) is 0 Å². The van der Waals surface area contributed by atoms with Crippen LogP contribution in [0, 0.1) is 0 Å². The van der Waals surface area contributed by atoms with Gasteiger partial charge in [-0.3, -0.25) is 0 Å². The monoisotopic (exact) mass is 282 g/mol. The van der Waals surface area contributed by atoms with Crippen LogP contribution in [0.3, 0.4) is 0 Å². The highest BCUT2D eigenvalue weighted by molar-refractivity contribution is 7.89. The van der Waals surface area contributed by atoms with Gasteiger partial charge in [-0.15, -0.1) is 11.6 Å². The molecule has 0 radical (unpaired) electrons. The van der Waals surface area contributed by atoms with Crippen LogP contribution >= 0.6 is 11.6 Å². The summed E-state index contributed by atoms with van der Waals surface area (Å²) in [6, 6.07) is 0.114. The summed E-state index contributed by atoms with van der Waals surface area (Å²) in [7, 11) is -1.08. The highest BCUT2D eigenvalue weighted by atomic mass is 35.5. The second kappa shape index (κ2) is 6.92. The van der Waals surface area contributed by atoms with Gasteiger partial charge in [-0.1, -0.05) is 6.92 Å². The largest absolute Gasteiger partial charge is 0.305 e. The average Bonchev–Trinajstić information content (AvgIpc) is 2.48. The number of alkyl halides is 1. The molecule has 4 nitrogen and oxygen atoms in total. The van der Waals surface area contributed by atoms with Crippen molar-refractivity contribution in [3.05, 3.63) is 0 Å². The first kappa shape index (κ1) is 15.2. The number of halogens is 1. The molecular weight excluding hydrogens is 260 g/mol. The summed E-state index contributed by atoms with van der Waals surface area (Å²) in [4.78, 5) is 2.21. The number of nitrogens with zero attached hydrogens (tertiary/aromatic N) is 2. The molecule has 6 heteroatoms. The lowest BCUT2D eigenvalue weighted by Crippen LogP contribution is -2.44. The zero-order valence-corrected chi connectivity index (χ0v) is 12.3. The molecule has 0 amide bonds. The molecule has 1 aliphatic rings. The van der Waals surface area contributed by atoms with E-state index >= 15 is 0 Å². The van der Waals surface area contributed by atoms with E-state index in [0.717, 1.165) is 25.9 Å². The molecule has 0 aromatic rings. The molecular formula is C11H23ClN2O2S. The zero-order chi connectivity index (χ0) is 12.9. The number of hydrogen-bond donors (Lipinski definition) is 0. The molecule has 1 rings (SSSR count). The van der Waals surface area contributed by atoms with Crippen LogP contribution in [-0.2, 0) is 10.0 Å². The minimum absolute atomic E-state index is 0.114. The fourth-order valence-corrected chi connectivity index (χ4v) is 4.39. The highest BCUT2D eigenvalue weighted by Crippen LogP contribution is 2.17. The van der Waals surface area contributed by atoms with Gasteiger partial charge < -0.3 is 4.90 Å². The van der Waals surface area contributed by atoms with Gasteiger partial charge >= 0.3 is 0 Å². The van der Waals surface area contributed by atoms with Crippen molar-refractivity contribution in [1.82, 2.24) is 9.21 Å². The molecule has 0 aliphatic carbocycles. The second-order valence-electron chi connectivity index (χ2n) is 4.65. The summed E-state index contributed by atoms with van der Waals surface area (Å²) in [5, 5.41) is 0. The average molecular weight is 283 g/mol. The Bertz CT molecular complexity index is 321. The quantitative estimate of drug-likeness (QED) is 0.715. The Labute approximate surface area is 110 Å². The molecule has 1 atom stereocenters. The van der Waals surface area contributed by atoms with Crippen LogP contribution in [0.15, 0.2) is 0 Å². The molecule has 1 saturated heterocycles. The Morgan fingerprint density at radius 2 is 2.06 bits per heavy atom. The van der Waals surface area contributed by atoms with Gasteiger partial charge in [0, 0.05) is 25.0 Å². The molecule has 1 aliphatic heterocycles. The van der Waals surface area contributed by atoms with E-state index in [1.807, 2.05) is 6.92 Å². The molecule has 0 N–H and O–H groups in total. The fourth-order valence-electron chi connectivity index (χ4n) is 2.27. The van der Waals surface area contributed by atoms with Gasteiger partial charge in [-0.05, 0) is 32.9 Å². The van der Waals surface area contributed by atoms with Crippen LogP contribution in [0.5, 0.6) is 0 Å². The van der Waals surface area contributed by atoms with E-state index in [4.69, 9.17) is 11.6 Å². The maximum atomic E-state index is 12.2. The van der Waals surface area contributed by atoms with Crippen LogP contribution in [0.4, 0.5) is 0 Å². The van der Waals surface area contributed by atoms with Gasteiger partial charge in [-0.2, -0.15) is 4.31 Å². The Balaban J connectivity index is 2.77. The first-order valence-electron chi connectivity index (χ1n) is 6.25. The SMILES string of the molecule is CCC1CN(C)CCCN1S(=O)(=O)CCCCl. The van der Waals surface area contributed by atoms with E-state index in [0.29, 0.717) is 18.8 Å². The van der Waals surface area contributed by atoms with Crippen LogP contribution in [0.2, 0.25) is 0 Å². The van der Waals surface area contributed by atoms with Crippen LogP contribution in [0.1, 0.15) is 26.2 Å². The Kier molecular flexibility index (Phi) is 6.20. The molecule has 17 heavy (non-hydrogen) atoms. The van der Waals surface area contributed by atoms with Gasteiger partial charge in [-0.25, -0.2) is 8.42 Å². The third-order valence-electron chi connectivity index (χ3n) is 3.21. The fraction of sp³-hybridized carbons (Fsp3) is 1.00. The van der Waals surface area contributed by atoms with E-state index in [-0.39, 0.29) is 11.8 Å². The second-order valence-corrected chi connectivity index (χ2v) is 7.07. The minimum atomic E-state index is -3.13. The minimum Gasteiger partial charge on any atom is -0.305 e. The number of rotatable bonds is 5. The van der Waals surface area contributed by atoms with Crippen molar-refractivity contribution in [2.45, 2.75) is 32.2 Å². The first-order chi connectivity index (χ1) is 8.01. The van der Waals surface area contributed by atoms with Gasteiger partial charge in [0.1, 0.15) is 0 Å². The van der Waals surface area contributed by atoms with Crippen molar-refractivity contribution in [2.75, 3.05) is 38.3 Å². The number of hydrogen-bond acceptors (Lipinski definition) is 3. The summed E-state index contributed by atoms with van der Waals surface area (Å²) >= 11 is 5.58. The third kappa shape index (κ3) is 4.39. The van der Waals surface area contributed by atoms with Crippen molar-refractivity contribution < 1.29 is 8.42 Å². The Morgan fingerprint density at radius 1 is 1.35 bits per heavy atom. The lowest BCUT2D eigenvalue weighted by Gasteiger charge is -2.29. The van der Waals surface area contributed by atoms with E-state index in [9.17, 15) is 8.42 Å². The molecule has 0 bridgehead atoms. The van der Waals surface area contributed by atoms with Gasteiger partial charge in [0.25, 0.3) is 0 Å². The number of likely N-dealkylation sites (N-methyl/N-ethyl adjacent to an activating group) is 1. The molecule has 0 aromatic carbocycles. The maximum absolute atomic E-state index is 12.2. The van der Waals surface area contributed by atoms with Crippen molar-refractivity contribution in [3.63, 3.8) is 0 Å². The molecule has 0 spiro atoms. The molecule has 1 unspecified atom stereocenters. The summed E-state index contributed by atoms with van der Waals surface area (Å²) < 4.78 is 26.1. The first-order valence-corrected chi connectivity index (χ1v) is 8.39. The lowest BCUT2D eigenvalue weighted by molar-refractivity contribution is 0.270. The van der Waals surface area contributed by atoms with Gasteiger partial charge in [0.15, 0.2) is 0 Å². The Morgan fingerprint density at radius 3 is 2.65 bits per heavy atom. The molecule has 1 heterocycles. The zero-order valence-electron chi connectivity index (χ0n) is 10.7.